The zero-order valence-corrected chi connectivity index (χ0v) is 11.4. The molecule has 4 heteroatoms. The molecule has 0 fully saturated rings. The number of benzene rings is 1. The lowest BCUT2D eigenvalue weighted by Gasteiger charge is -2.27. The largest absolute Gasteiger partial charge is 0.396 e. The van der Waals surface area contributed by atoms with Gasteiger partial charge in [-0.15, -0.1) is 0 Å². The molecule has 2 atom stereocenters. The molecule has 3 N–H and O–H groups in total. The predicted octanol–water partition coefficient (Wildman–Crippen LogP) is 1.15. The van der Waals surface area contributed by atoms with Crippen LogP contribution in [0, 0.1) is 0 Å². The molecule has 0 saturated heterocycles. The topological polar surface area (TPSA) is 61.4 Å². The Labute approximate surface area is 114 Å². The number of nitrogens with one attached hydrogen (secondary N) is 2. The van der Waals surface area contributed by atoms with Crippen molar-refractivity contribution < 1.29 is 9.90 Å². The van der Waals surface area contributed by atoms with Gasteiger partial charge in [-0.25, -0.2) is 0 Å². The van der Waals surface area contributed by atoms with Gasteiger partial charge in [-0.05, 0) is 24.0 Å². The number of aliphatic hydroxyl groups excluding tert-OH is 1. The lowest BCUT2D eigenvalue weighted by molar-refractivity contribution is -0.123. The highest BCUT2D eigenvalue weighted by molar-refractivity contribution is 5.84. The molecule has 1 aromatic rings. The average Bonchev–Trinajstić information content (AvgIpc) is 2.46. The van der Waals surface area contributed by atoms with E-state index < -0.39 is 0 Å². The summed E-state index contributed by atoms with van der Waals surface area (Å²) in [6, 6.07) is 8.14. The van der Waals surface area contributed by atoms with Crippen molar-refractivity contribution in [3.8, 4) is 0 Å². The fourth-order valence-electron chi connectivity index (χ4n) is 2.57. The maximum absolute atomic E-state index is 12.4. The first-order valence-electron chi connectivity index (χ1n) is 6.96. The van der Waals surface area contributed by atoms with Crippen LogP contribution in [0.25, 0.3) is 0 Å². The van der Waals surface area contributed by atoms with Gasteiger partial charge in [0.1, 0.15) is 0 Å². The van der Waals surface area contributed by atoms with Crippen LogP contribution >= 0.6 is 0 Å². The molecule has 1 aliphatic rings. The second kappa shape index (κ2) is 6.68. The number of amides is 1. The first-order chi connectivity index (χ1) is 9.26. The molecule has 0 spiro atoms. The Morgan fingerprint density at radius 3 is 3.05 bits per heavy atom. The normalized spacial score (nSPS) is 19.6. The van der Waals surface area contributed by atoms with Crippen LogP contribution in [0.1, 0.15) is 36.8 Å². The molecule has 0 saturated carbocycles. The van der Waals surface area contributed by atoms with E-state index in [1.54, 1.807) is 0 Å². The van der Waals surface area contributed by atoms with Crippen LogP contribution in [0.4, 0.5) is 0 Å². The lowest BCUT2D eigenvalue weighted by Crippen LogP contribution is -2.43. The van der Waals surface area contributed by atoms with E-state index in [1.807, 2.05) is 25.1 Å². The summed E-state index contributed by atoms with van der Waals surface area (Å²) in [4.78, 5) is 12.4. The molecule has 1 aromatic carbocycles. The summed E-state index contributed by atoms with van der Waals surface area (Å²) in [5.74, 6) is -0.0716. The highest BCUT2D eigenvalue weighted by Crippen LogP contribution is 2.24. The quantitative estimate of drug-likeness (QED) is 0.746. The predicted molar refractivity (Wildman–Crippen MR) is 74.8 cm³/mol. The minimum Gasteiger partial charge on any atom is -0.396 e. The molecule has 104 valence electrons. The van der Waals surface area contributed by atoms with E-state index in [9.17, 15) is 4.79 Å². The summed E-state index contributed by atoms with van der Waals surface area (Å²) in [7, 11) is 0. The molecule has 1 amide bonds. The van der Waals surface area contributed by atoms with E-state index in [1.165, 1.54) is 5.56 Å². The fraction of sp³-hybridized carbons (Fsp3) is 0.533. The highest BCUT2D eigenvalue weighted by atomic mass is 16.3. The number of rotatable bonds is 5. The number of hydrogen-bond acceptors (Lipinski definition) is 3. The SMILES string of the molecule is CCC(CCO)NC(=O)C1CNCc2ccccc21. The minimum atomic E-state index is -0.127. The Bertz CT molecular complexity index is 434. The van der Waals surface area contributed by atoms with Gasteiger partial charge < -0.3 is 15.7 Å². The van der Waals surface area contributed by atoms with E-state index >= 15 is 0 Å². The van der Waals surface area contributed by atoms with Gasteiger partial charge in [0.05, 0.1) is 5.92 Å². The second-order valence-corrected chi connectivity index (χ2v) is 5.01. The molecule has 4 nitrogen and oxygen atoms in total. The zero-order valence-electron chi connectivity index (χ0n) is 11.4. The fourth-order valence-corrected chi connectivity index (χ4v) is 2.57. The third kappa shape index (κ3) is 3.33. The lowest BCUT2D eigenvalue weighted by atomic mass is 9.90. The molecule has 0 bridgehead atoms. The van der Waals surface area contributed by atoms with Crippen LogP contribution in [0.3, 0.4) is 0 Å². The van der Waals surface area contributed by atoms with Crippen LogP contribution in [0.2, 0.25) is 0 Å². The van der Waals surface area contributed by atoms with E-state index in [0.29, 0.717) is 13.0 Å². The molecule has 0 radical (unpaired) electrons. The van der Waals surface area contributed by atoms with Crippen LogP contribution < -0.4 is 10.6 Å². The molecule has 19 heavy (non-hydrogen) atoms. The standard InChI is InChI=1S/C15H22N2O2/c1-2-12(7-8-18)17-15(19)14-10-16-9-11-5-3-4-6-13(11)14/h3-6,12,14,16,18H,2,7-10H2,1H3,(H,17,19). The second-order valence-electron chi connectivity index (χ2n) is 5.01. The summed E-state index contributed by atoms with van der Waals surface area (Å²) in [6.45, 7) is 3.64. The van der Waals surface area contributed by atoms with Gasteiger partial charge in [0.2, 0.25) is 5.91 Å². The van der Waals surface area contributed by atoms with Crippen LogP contribution in [-0.2, 0) is 11.3 Å². The molecule has 0 aromatic heterocycles. The Kier molecular flexibility index (Phi) is 4.93. The maximum Gasteiger partial charge on any atom is 0.229 e. The van der Waals surface area contributed by atoms with Crippen molar-refractivity contribution in [3.05, 3.63) is 35.4 Å². The number of carbonyl (C=O) groups is 1. The van der Waals surface area contributed by atoms with Gasteiger partial charge in [0.15, 0.2) is 0 Å². The van der Waals surface area contributed by atoms with Crippen molar-refractivity contribution in [2.24, 2.45) is 0 Å². The summed E-state index contributed by atoms with van der Waals surface area (Å²) in [5, 5.41) is 15.3. The van der Waals surface area contributed by atoms with Gasteiger partial charge in [0.25, 0.3) is 0 Å². The van der Waals surface area contributed by atoms with Gasteiger partial charge in [0, 0.05) is 25.7 Å². The van der Waals surface area contributed by atoms with Crippen molar-refractivity contribution in [2.75, 3.05) is 13.2 Å². The van der Waals surface area contributed by atoms with Crippen molar-refractivity contribution in [2.45, 2.75) is 38.3 Å². The van der Waals surface area contributed by atoms with Gasteiger partial charge in [-0.3, -0.25) is 4.79 Å². The van der Waals surface area contributed by atoms with Gasteiger partial charge in [-0.2, -0.15) is 0 Å². The van der Waals surface area contributed by atoms with Crippen molar-refractivity contribution in [1.29, 1.82) is 0 Å². The monoisotopic (exact) mass is 262 g/mol. The summed E-state index contributed by atoms with van der Waals surface area (Å²) < 4.78 is 0. The maximum atomic E-state index is 12.4. The van der Waals surface area contributed by atoms with Crippen LogP contribution in [0.5, 0.6) is 0 Å². The van der Waals surface area contributed by atoms with Crippen molar-refractivity contribution in [1.82, 2.24) is 10.6 Å². The Balaban J connectivity index is 2.08. The van der Waals surface area contributed by atoms with Crippen molar-refractivity contribution >= 4 is 5.91 Å². The van der Waals surface area contributed by atoms with Crippen molar-refractivity contribution in [3.63, 3.8) is 0 Å². The van der Waals surface area contributed by atoms with E-state index in [4.69, 9.17) is 5.11 Å². The first kappa shape index (κ1) is 14.0. The molecule has 1 heterocycles. The molecule has 1 aliphatic heterocycles. The highest BCUT2D eigenvalue weighted by Gasteiger charge is 2.26. The average molecular weight is 262 g/mol. The van der Waals surface area contributed by atoms with E-state index in [0.717, 1.165) is 18.5 Å². The molecular formula is C15H22N2O2. The summed E-state index contributed by atoms with van der Waals surface area (Å²) in [6.07, 6.45) is 1.46. The Morgan fingerprint density at radius 1 is 1.53 bits per heavy atom. The summed E-state index contributed by atoms with van der Waals surface area (Å²) in [5.41, 5.74) is 2.32. The number of carbonyl (C=O) groups excluding carboxylic acids is 1. The van der Waals surface area contributed by atoms with E-state index in [2.05, 4.69) is 16.7 Å². The first-order valence-corrected chi connectivity index (χ1v) is 6.96. The molecular weight excluding hydrogens is 240 g/mol. The third-order valence-corrected chi connectivity index (χ3v) is 3.73. The van der Waals surface area contributed by atoms with Gasteiger partial charge in [-0.1, -0.05) is 31.2 Å². The molecule has 2 unspecified atom stereocenters. The zero-order chi connectivity index (χ0) is 13.7. The molecule has 0 aliphatic carbocycles. The molecule has 2 rings (SSSR count). The number of hydrogen-bond donors (Lipinski definition) is 3. The summed E-state index contributed by atoms with van der Waals surface area (Å²) >= 11 is 0. The third-order valence-electron chi connectivity index (χ3n) is 3.73. The number of fused-ring (bicyclic) bond motifs is 1. The van der Waals surface area contributed by atoms with E-state index in [-0.39, 0.29) is 24.5 Å². The van der Waals surface area contributed by atoms with Gasteiger partial charge >= 0.3 is 0 Å². The Morgan fingerprint density at radius 2 is 2.32 bits per heavy atom. The smallest absolute Gasteiger partial charge is 0.229 e. The number of aliphatic hydroxyl groups is 1. The van der Waals surface area contributed by atoms with Crippen LogP contribution in [0.15, 0.2) is 24.3 Å². The van der Waals surface area contributed by atoms with Crippen LogP contribution in [-0.4, -0.2) is 30.2 Å². The Hall–Kier alpha value is -1.39. The minimum absolute atomic E-state index is 0.0555.